The average molecular weight is 788 g/mol. The number of nitrogens with zero attached hydrogens (tertiary/aromatic N) is 5. The second kappa shape index (κ2) is 15.0. The van der Waals surface area contributed by atoms with Crippen molar-refractivity contribution >= 4 is 74.0 Å². The van der Waals surface area contributed by atoms with E-state index in [-0.39, 0.29) is 17.1 Å². The number of anilines is 1. The predicted octanol–water partition coefficient (Wildman–Crippen LogP) is 6.37. The summed E-state index contributed by atoms with van der Waals surface area (Å²) in [5.74, 6) is -2.10. The minimum Gasteiger partial charge on any atom is -0.477 e. The second-order valence-corrected chi connectivity index (χ2v) is 15.7. The molecule has 3 aromatic carbocycles. The van der Waals surface area contributed by atoms with Crippen molar-refractivity contribution in [2.45, 2.75) is 23.9 Å². The van der Waals surface area contributed by atoms with Gasteiger partial charge in [0.2, 0.25) is 0 Å². The van der Waals surface area contributed by atoms with Gasteiger partial charge < -0.3 is 20.6 Å². The smallest absolute Gasteiger partial charge is 0.352 e. The molecule has 55 heavy (non-hydrogen) atoms. The van der Waals surface area contributed by atoms with Crippen molar-refractivity contribution in [1.29, 1.82) is 0 Å². The standard InChI is InChI=1S/C40H33N7O5S3/c1-24-30(55-31-20-41-23-46(24)31)19-18-25-21-53-37-33(36(49)47(37)34(25)38(50)51)43-35(48)32(45-52-2)29-22-54-39(42-29)44-40(26-12-6-3-7-13-26,27-14-8-4-9-15-27)28-16-10-5-11-17-28/h3-20,22-23,33,37H,21H2,1-2H3,(H,42,44)(H,43,48)(H,50,51)/b19-18?,45-32-/t33-,37-/m1/s1. The first kappa shape index (κ1) is 36.0. The molecule has 2 atom stereocenters. The third-order valence-electron chi connectivity index (χ3n) is 9.52. The van der Waals surface area contributed by atoms with Crippen LogP contribution < -0.4 is 10.6 Å². The number of β-lactam (4-membered cyclic amide) rings is 1. The summed E-state index contributed by atoms with van der Waals surface area (Å²) >= 11 is 4.21. The molecule has 2 aliphatic rings. The monoisotopic (exact) mass is 787 g/mol. The summed E-state index contributed by atoms with van der Waals surface area (Å²) in [7, 11) is 1.33. The Kier molecular flexibility index (Phi) is 9.82. The zero-order valence-electron chi connectivity index (χ0n) is 29.4. The summed E-state index contributed by atoms with van der Waals surface area (Å²) < 4.78 is 1.96. The van der Waals surface area contributed by atoms with Gasteiger partial charge in [-0.3, -0.25) is 18.9 Å². The predicted molar refractivity (Wildman–Crippen MR) is 215 cm³/mol. The van der Waals surface area contributed by atoms with Crippen LogP contribution in [0.5, 0.6) is 0 Å². The number of rotatable bonds is 12. The van der Waals surface area contributed by atoms with Crippen LogP contribution in [-0.4, -0.2) is 72.1 Å². The third kappa shape index (κ3) is 6.49. The Morgan fingerprint density at radius 2 is 1.62 bits per heavy atom. The molecule has 276 valence electrons. The number of oxime groups is 1. The van der Waals surface area contributed by atoms with Crippen molar-refractivity contribution in [1.82, 2.24) is 24.6 Å². The molecule has 3 aromatic heterocycles. The SMILES string of the molecule is CO/N=C(\C(=O)N[C@@H]1C(=O)N2C(C(=O)O)=C(C=Cc3sc4cncn4c3C)CS[C@H]12)c1csc(NC(c2ccccc2)(c2ccccc2)c2ccccc2)n1. The maximum atomic E-state index is 13.8. The summed E-state index contributed by atoms with van der Waals surface area (Å²) in [6.45, 7) is 1.96. The number of benzene rings is 3. The van der Waals surface area contributed by atoms with E-state index in [0.29, 0.717) is 16.5 Å². The van der Waals surface area contributed by atoms with E-state index in [1.165, 1.54) is 46.4 Å². The van der Waals surface area contributed by atoms with Crippen LogP contribution in [0, 0.1) is 6.92 Å². The lowest BCUT2D eigenvalue weighted by atomic mass is 9.77. The Morgan fingerprint density at radius 3 is 2.20 bits per heavy atom. The lowest BCUT2D eigenvalue weighted by molar-refractivity contribution is -0.150. The Labute approximate surface area is 327 Å². The van der Waals surface area contributed by atoms with Crippen LogP contribution in [0.2, 0.25) is 0 Å². The molecule has 0 saturated carbocycles. The molecule has 0 bridgehead atoms. The number of nitrogens with one attached hydrogen (secondary N) is 2. The number of thiazole rings is 2. The number of amides is 2. The summed E-state index contributed by atoms with van der Waals surface area (Å²) in [4.78, 5) is 57.1. The van der Waals surface area contributed by atoms with Crippen molar-refractivity contribution in [3.05, 3.63) is 159 Å². The highest BCUT2D eigenvalue weighted by molar-refractivity contribution is 8.00. The van der Waals surface area contributed by atoms with Gasteiger partial charge in [0.1, 0.15) is 46.6 Å². The zero-order chi connectivity index (χ0) is 38.1. The highest BCUT2D eigenvalue weighted by Crippen LogP contribution is 2.42. The van der Waals surface area contributed by atoms with Crippen LogP contribution in [0.1, 0.15) is 33.0 Å². The molecular formula is C40H33N7O5S3. The number of carbonyl (C=O) groups is 3. The van der Waals surface area contributed by atoms with Crippen LogP contribution in [0.15, 0.2) is 131 Å². The Hall–Kier alpha value is -6.03. The Balaban J connectivity index is 1.04. The topological polar surface area (TPSA) is 151 Å². The van der Waals surface area contributed by atoms with Crippen molar-refractivity contribution in [2.75, 3.05) is 18.2 Å². The molecule has 1 saturated heterocycles. The molecule has 0 unspecified atom stereocenters. The molecule has 12 nitrogen and oxygen atoms in total. The maximum Gasteiger partial charge on any atom is 0.352 e. The van der Waals surface area contributed by atoms with E-state index in [2.05, 4.69) is 57.2 Å². The molecule has 1 fully saturated rings. The van der Waals surface area contributed by atoms with Gasteiger partial charge in [-0.05, 0) is 35.3 Å². The molecule has 0 radical (unpaired) electrons. The molecule has 2 aliphatic heterocycles. The highest BCUT2D eigenvalue weighted by atomic mass is 32.2. The van der Waals surface area contributed by atoms with Gasteiger partial charge in [-0.25, -0.2) is 14.8 Å². The minimum atomic E-state index is -1.22. The fraction of sp³-hybridized carbons (Fsp3) is 0.150. The summed E-state index contributed by atoms with van der Waals surface area (Å²) in [5.41, 5.74) is 3.60. The van der Waals surface area contributed by atoms with Gasteiger partial charge in [0, 0.05) is 21.7 Å². The quantitative estimate of drug-likeness (QED) is 0.0557. The number of hydrogen-bond donors (Lipinski definition) is 3. The van der Waals surface area contributed by atoms with Gasteiger partial charge in [0.15, 0.2) is 10.8 Å². The molecule has 8 rings (SSSR count). The fourth-order valence-corrected chi connectivity index (χ4v) is 9.98. The molecular weight excluding hydrogens is 755 g/mol. The number of imidazole rings is 1. The second-order valence-electron chi connectivity index (χ2n) is 12.7. The molecule has 0 aliphatic carbocycles. The van der Waals surface area contributed by atoms with Gasteiger partial charge >= 0.3 is 5.97 Å². The van der Waals surface area contributed by atoms with Gasteiger partial charge in [-0.15, -0.1) is 34.4 Å². The van der Waals surface area contributed by atoms with Crippen molar-refractivity contribution < 1.29 is 24.3 Å². The lowest BCUT2D eigenvalue weighted by Gasteiger charge is -2.49. The number of carbonyl (C=O) groups excluding carboxylic acids is 2. The summed E-state index contributed by atoms with van der Waals surface area (Å²) in [6, 6.07) is 29.2. The molecule has 2 amide bonds. The molecule has 5 heterocycles. The number of carboxylic acid groups (broad SMARTS) is 1. The first-order valence-electron chi connectivity index (χ1n) is 17.1. The Bertz CT molecular complexity index is 2400. The average Bonchev–Trinajstić information content (AvgIpc) is 3.96. The minimum absolute atomic E-state index is 0.0993. The van der Waals surface area contributed by atoms with Gasteiger partial charge in [0.25, 0.3) is 11.8 Å². The van der Waals surface area contributed by atoms with Gasteiger partial charge in [-0.2, -0.15) is 0 Å². The van der Waals surface area contributed by atoms with Crippen molar-refractivity contribution in [2.24, 2.45) is 5.16 Å². The first-order valence-corrected chi connectivity index (χ1v) is 19.9. The van der Waals surface area contributed by atoms with Crippen LogP contribution >= 0.6 is 34.4 Å². The normalized spacial score (nSPS) is 17.3. The number of aryl methyl sites for hydroxylation is 1. The fourth-order valence-electron chi connectivity index (χ4n) is 6.90. The van der Waals surface area contributed by atoms with E-state index >= 15 is 0 Å². The first-order chi connectivity index (χ1) is 26.8. The highest BCUT2D eigenvalue weighted by Gasteiger charge is 2.54. The number of aliphatic carboxylic acids is 1. The van der Waals surface area contributed by atoms with Crippen LogP contribution in [0.4, 0.5) is 5.13 Å². The van der Waals surface area contributed by atoms with E-state index in [0.717, 1.165) is 32.1 Å². The van der Waals surface area contributed by atoms with E-state index in [1.807, 2.05) is 72.0 Å². The molecule has 3 N–H and O–H groups in total. The zero-order valence-corrected chi connectivity index (χ0v) is 31.9. The summed E-state index contributed by atoms with van der Waals surface area (Å²) in [6.07, 6.45) is 7.11. The van der Waals surface area contributed by atoms with Crippen LogP contribution in [-0.2, 0) is 24.8 Å². The van der Waals surface area contributed by atoms with Crippen LogP contribution in [0.3, 0.4) is 0 Å². The van der Waals surface area contributed by atoms with Gasteiger partial charge in [0.05, 0.1) is 6.20 Å². The van der Waals surface area contributed by atoms with Gasteiger partial charge in [-0.1, -0.05) is 102 Å². The van der Waals surface area contributed by atoms with E-state index < -0.39 is 34.7 Å². The largest absolute Gasteiger partial charge is 0.477 e. The Morgan fingerprint density at radius 1 is 0.982 bits per heavy atom. The number of aromatic nitrogens is 3. The van der Waals surface area contributed by atoms with E-state index in [9.17, 15) is 19.5 Å². The number of hydrogen-bond acceptors (Lipinski definition) is 11. The molecule has 15 heteroatoms. The van der Waals surface area contributed by atoms with E-state index in [1.54, 1.807) is 24.0 Å². The number of allylic oxidation sites excluding steroid dienone is 1. The lowest BCUT2D eigenvalue weighted by Crippen LogP contribution is -2.71. The maximum absolute atomic E-state index is 13.8. The third-order valence-corrected chi connectivity index (χ3v) is 12.7. The molecule has 6 aromatic rings. The van der Waals surface area contributed by atoms with Crippen molar-refractivity contribution in [3.8, 4) is 0 Å². The van der Waals surface area contributed by atoms with E-state index in [4.69, 9.17) is 9.82 Å². The number of thioether (sulfide) groups is 1. The molecule has 0 spiro atoms. The number of carboxylic acids is 1. The number of fused-ring (bicyclic) bond motifs is 2. The van der Waals surface area contributed by atoms with Crippen molar-refractivity contribution in [3.63, 3.8) is 0 Å². The summed E-state index contributed by atoms with van der Waals surface area (Å²) in [5, 5.41) is 22.3. The van der Waals surface area contributed by atoms with Crippen LogP contribution in [0.25, 0.3) is 10.9 Å².